The van der Waals surface area contributed by atoms with E-state index in [0.717, 1.165) is 5.39 Å². The lowest BCUT2D eigenvalue weighted by Crippen LogP contribution is -2.12. The van der Waals surface area contributed by atoms with Crippen molar-refractivity contribution in [1.82, 2.24) is 20.2 Å². The Balaban J connectivity index is 1.83. The van der Waals surface area contributed by atoms with E-state index in [0.29, 0.717) is 11.4 Å². The number of rotatable bonds is 4. The highest BCUT2D eigenvalue weighted by atomic mass is 35.5. The molecule has 0 spiro atoms. The Bertz CT molecular complexity index is 701. The summed E-state index contributed by atoms with van der Waals surface area (Å²) >= 11 is 5.57. The van der Waals surface area contributed by atoms with Crippen molar-refractivity contribution < 1.29 is 9.21 Å². The van der Waals surface area contributed by atoms with E-state index in [-0.39, 0.29) is 24.0 Å². The number of para-hydroxylation sites is 1. The molecule has 0 aliphatic rings. The van der Waals surface area contributed by atoms with Crippen LogP contribution in [-0.4, -0.2) is 26.0 Å². The van der Waals surface area contributed by atoms with Crippen LogP contribution in [0.1, 0.15) is 16.4 Å². The van der Waals surface area contributed by atoms with Gasteiger partial charge >= 0.3 is 0 Å². The summed E-state index contributed by atoms with van der Waals surface area (Å²) in [7, 11) is 0. The topological polar surface area (TPSA) is 73.8 Å². The maximum absolute atomic E-state index is 12.0. The summed E-state index contributed by atoms with van der Waals surface area (Å²) < 4.78 is 5.47. The van der Waals surface area contributed by atoms with Crippen LogP contribution in [0.25, 0.3) is 11.0 Å². The predicted molar refractivity (Wildman–Crippen MR) is 67.9 cm³/mol. The molecule has 3 aromatic rings. The second-order valence-electron chi connectivity index (χ2n) is 3.94. The first-order valence-corrected chi connectivity index (χ1v) is 6.14. The molecule has 0 aliphatic carbocycles. The van der Waals surface area contributed by atoms with Crippen molar-refractivity contribution in [2.24, 2.45) is 0 Å². The van der Waals surface area contributed by atoms with Crippen molar-refractivity contribution in [3.8, 4) is 0 Å². The number of tetrazole rings is 1. The number of carbonyl (C=O) groups excluding carboxylic acids is 1. The number of fused-ring (bicyclic) bond motifs is 1. The maximum Gasteiger partial charge on any atom is 0.221 e. The van der Waals surface area contributed by atoms with E-state index in [4.69, 9.17) is 16.0 Å². The van der Waals surface area contributed by atoms with E-state index < -0.39 is 0 Å². The lowest BCUT2D eigenvalue weighted by molar-refractivity contribution is 0.0936. The SMILES string of the molecule is O=C(Cn1nnc(CCl)n1)c1cc2ccccc2o1. The molecule has 0 radical (unpaired) electrons. The largest absolute Gasteiger partial charge is 0.453 e. The van der Waals surface area contributed by atoms with E-state index in [9.17, 15) is 4.79 Å². The first-order valence-electron chi connectivity index (χ1n) is 5.60. The summed E-state index contributed by atoms with van der Waals surface area (Å²) in [6.07, 6.45) is 0. The molecule has 0 bridgehead atoms. The fourth-order valence-electron chi connectivity index (χ4n) is 1.72. The smallest absolute Gasteiger partial charge is 0.221 e. The van der Waals surface area contributed by atoms with Crippen LogP contribution >= 0.6 is 11.6 Å². The first-order chi connectivity index (χ1) is 9.26. The van der Waals surface area contributed by atoms with Crippen LogP contribution in [0, 0.1) is 0 Å². The van der Waals surface area contributed by atoms with Crippen LogP contribution < -0.4 is 0 Å². The first kappa shape index (κ1) is 11.9. The molecule has 7 heteroatoms. The van der Waals surface area contributed by atoms with Gasteiger partial charge in [-0.2, -0.15) is 4.80 Å². The summed E-state index contributed by atoms with van der Waals surface area (Å²) in [6.45, 7) is -0.0241. The van der Waals surface area contributed by atoms with E-state index in [2.05, 4.69) is 15.4 Å². The zero-order chi connectivity index (χ0) is 13.2. The van der Waals surface area contributed by atoms with Gasteiger partial charge in [-0.15, -0.1) is 21.8 Å². The minimum atomic E-state index is -0.213. The molecule has 6 nitrogen and oxygen atoms in total. The van der Waals surface area contributed by atoms with Gasteiger partial charge in [0.15, 0.2) is 11.6 Å². The normalized spacial score (nSPS) is 11.0. The Kier molecular flexibility index (Phi) is 3.00. The Hall–Kier alpha value is -2.21. The summed E-state index contributed by atoms with van der Waals surface area (Å²) in [5.41, 5.74) is 0.679. The van der Waals surface area contributed by atoms with Crippen LogP contribution in [0.5, 0.6) is 0 Å². The van der Waals surface area contributed by atoms with Crippen molar-refractivity contribution >= 4 is 28.4 Å². The van der Waals surface area contributed by atoms with Crippen LogP contribution in [-0.2, 0) is 12.4 Å². The number of nitrogens with zero attached hydrogens (tertiary/aromatic N) is 4. The molecule has 96 valence electrons. The van der Waals surface area contributed by atoms with Crippen molar-refractivity contribution in [2.45, 2.75) is 12.4 Å². The van der Waals surface area contributed by atoms with E-state index in [1.165, 1.54) is 4.80 Å². The number of benzene rings is 1. The number of halogens is 1. The molecule has 2 heterocycles. The molecule has 2 aromatic heterocycles. The monoisotopic (exact) mass is 276 g/mol. The number of furan rings is 1. The van der Waals surface area contributed by atoms with Crippen LogP contribution in [0.3, 0.4) is 0 Å². The molecule has 0 fully saturated rings. The van der Waals surface area contributed by atoms with Gasteiger partial charge in [0, 0.05) is 5.39 Å². The van der Waals surface area contributed by atoms with Crippen LogP contribution in [0.15, 0.2) is 34.7 Å². The average Bonchev–Trinajstić information content (AvgIpc) is 3.04. The highest BCUT2D eigenvalue weighted by molar-refractivity contribution is 6.16. The number of Topliss-reactive ketones (excluding diaryl/α,β-unsaturated/α-hetero) is 1. The zero-order valence-electron chi connectivity index (χ0n) is 9.78. The van der Waals surface area contributed by atoms with Crippen molar-refractivity contribution in [1.29, 1.82) is 0 Å². The van der Waals surface area contributed by atoms with E-state index in [1.807, 2.05) is 24.3 Å². The molecule has 0 N–H and O–H groups in total. The van der Waals surface area contributed by atoms with Crippen LogP contribution in [0.2, 0.25) is 0 Å². The lowest BCUT2D eigenvalue weighted by Gasteiger charge is -1.94. The predicted octanol–water partition coefficient (Wildman–Crippen LogP) is 2.04. The maximum atomic E-state index is 12.0. The second-order valence-corrected chi connectivity index (χ2v) is 4.21. The Labute approximate surface area is 113 Å². The standard InChI is InChI=1S/C12H9ClN4O2/c13-6-12-14-16-17(15-12)7-9(18)11-5-8-3-1-2-4-10(8)19-11/h1-5H,6-7H2. The summed E-state index contributed by atoms with van der Waals surface area (Å²) in [5, 5.41) is 12.3. The molecule has 0 unspecified atom stereocenters. The molecular formula is C12H9ClN4O2. The molecule has 1 aromatic carbocycles. The fourth-order valence-corrected chi connectivity index (χ4v) is 1.83. The Morgan fingerprint density at radius 1 is 1.37 bits per heavy atom. The minimum Gasteiger partial charge on any atom is -0.453 e. The van der Waals surface area contributed by atoms with Gasteiger partial charge in [-0.1, -0.05) is 18.2 Å². The molecule has 0 saturated carbocycles. The fraction of sp³-hybridized carbons (Fsp3) is 0.167. The minimum absolute atomic E-state index is 0.0241. The van der Waals surface area contributed by atoms with E-state index in [1.54, 1.807) is 6.07 Å². The highest BCUT2D eigenvalue weighted by Gasteiger charge is 2.14. The summed E-state index contributed by atoms with van der Waals surface area (Å²) in [4.78, 5) is 13.2. The van der Waals surface area contributed by atoms with Gasteiger partial charge in [0.05, 0.1) is 5.88 Å². The third-order valence-corrected chi connectivity index (χ3v) is 2.84. The molecular weight excluding hydrogens is 268 g/mol. The van der Waals surface area contributed by atoms with Gasteiger partial charge in [0.1, 0.15) is 12.1 Å². The summed E-state index contributed by atoms with van der Waals surface area (Å²) in [6, 6.07) is 9.14. The van der Waals surface area contributed by atoms with Gasteiger partial charge in [-0.3, -0.25) is 4.79 Å². The van der Waals surface area contributed by atoms with Gasteiger partial charge in [0.2, 0.25) is 5.78 Å². The number of hydrogen-bond acceptors (Lipinski definition) is 5. The Morgan fingerprint density at radius 3 is 2.95 bits per heavy atom. The molecule has 0 saturated heterocycles. The second kappa shape index (κ2) is 4.81. The van der Waals surface area contributed by atoms with Crippen LogP contribution in [0.4, 0.5) is 0 Å². The van der Waals surface area contributed by atoms with Gasteiger partial charge < -0.3 is 4.42 Å². The zero-order valence-corrected chi connectivity index (χ0v) is 10.5. The third kappa shape index (κ3) is 2.34. The van der Waals surface area contributed by atoms with Gasteiger partial charge in [-0.05, 0) is 17.3 Å². The number of aromatic nitrogens is 4. The lowest BCUT2D eigenvalue weighted by atomic mass is 10.2. The highest BCUT2D eigenvalue weighted by Crippen LogP contribution is 2.19. The molecule has 3 rings (SSSR count). The number of alkyl halides is 1. The quantitative estimate of drug-likeness (QED) is 0.538. The van der Waals surface area contributed by atoms with Gasteiger partial charge in [0.25, 0.3) is 0 Å². The van der Waals surface area contributed by atoms with E-state index >= 15 is 0 Å². The molecule has 0 atom stereocenters. The Morgan fingerprint density at radius 2 is 2.21 bits per heavy atom. The number of hydrogen-bond donors (Lipinski definition) is 0. The van der Waals surface area contributed by atoms with Crippen molar-refractivity contribution in [2.75, 3.05) is 0 Å². The third-order valence-electron chi connectivity index (χ3n) is 2.60. The average molecular weight is 277 g/mol. The number of ketones is 1. The van der Waals surface area contributed by atoms with Gasteiger partial charge in [-0.25, -0.2) is 0 Å². The van der Waals surface area contributed by atoms with Crippen molar-refractivity contribution in [3.63, 3.8) is 0 Å². The van der Waals surface area contributed by atoms with Crippen molar-refractivity contribution in [3.05, 3.63) is 41.9 Å². The number of carbonyl (C=O) groups is 1. The molecule has 19 heavy (non-hydrogen) atoms. The molecule has 0 aliphatic heterocycles. The molecule has 0 amide bonds. The summed E-state index contributed by atoms with van der Waals surface area (Å²) in [5.74, 6) is 0.624.